The molecule has 12 N–H and O–H groups in total. The Morgan fingerprint density at radius 3 is 2.16 bits per heavy atom. The van der Waals surface area contributed by atoms with Crippen LogP contribution in [0.5, 0.6) is 5.75 Å². The topological polar surface area (TPSA) is 264 Å². The van der Waals surface area contributed by atoms with Gasteiger partial charge in [-0.3, -0.25) is 19.4 Å². The first-order valence-corrected chi connectivity index (χ1v) is 11.7. The zero-order chi connectivity index (χ0) is 28.1. The molecule has 1 aromatic heterocycles. The van der Waals surface area contributed by atoms with E-state index in [1.54, 1.807) is 12.1 Å². The van der Waals surface area contributed by atoms with Crippen LogP contribution in [0.1, 0.15) is 24.1 Å². The van der Waals surface area contributed by atoms with Crippen molar-refractivity contribution in [3.05, 3.63) is 48.0 Å². The summed E-state index contributed by atoms with van der Waals surface area (Å²) in [5, 5.41) is 26.7. The van der Waals surface area contributed by atoms with Gasteiger partial charge in [-0.05, 0) is 30.5 Å². The number of carboxylic acid groups (broad SMARTS) is 1. The van der Waals surface area contributed by atoms with Crippen molar-refractivity contribution in [1.82, 2.24) is 25.9 Å². The number of nitrogens with one attached hydrogen (secondary N) is 4. The molecule has 3 unspecified atom stereocenters. The number of amides is 3. The van der Waals surface area contributed by atoms with E-state index in [-0.39, 0.29) is 50.5 Å². The van der Waals surface area contributed by atoms with Gasteiger partial charge in [-0.1, -0.05) is 12.1 Å². The number of aromatic hydroxyl groups is 1. The van der Waals surface area contributed by atoms with Gasteiger partial charge in [-0.2, -0.15) is 0 Å². The number of carboxylic acids is 1. The summed E-state index contributed by atoms with van der Waals surface area (Å²) < 4.78 is 0. The van der Waals surface area contributed by atoms with Gasteiger partial charge in [0.15, 0.2) is 5.96 Å². The molecule has 15 heteroatoms. The van der Waals surface area contributed by atoms with Crippen LogP contribution in [0.15, 0.2) is 41.8 Å². The second kappa shape index (κ2) is 14.8. The van der Waals surface area contributed by atoms with E-state index in [0.717, 1.165) is 0 Å². The molecule has 2 aromatic rings. The molecule has 0 fully saturated rings. The number of carbonyl (C=O) groups excluding carboxylic acids is 3. The van der Waals surface area contributed by atoms with Crippen LogP contribution in [-0.2, 0) is 32.0 Å². The number of guanidine groups is 1. The van der Waals surface area contributed by atoms with Gasteiger partial charge in [-0.15, -0.1) is 0 Å². The molecular weight excluding hydrogens is 498 g/mol. The Kier molecular flexibility index (Phi) is 11.5. The minimum atomic E-state index is -1.27. The third kappa shape index (κ3) is 10.1. The summed E-state index contributed by atoms with van der Waals surface area (Å²) in [5.74, 6) is -3.44. The van der Waals surface area contributed by atoms with Crippen molar-refractivity contribution in [3.8, 4) is 5.75 Å². The van der Waals surface area contributed by atoms with Crippen molar-refractivity contribution in [2.24, 2.45) is 22.2 Å². The van der Waals surface area contributed by atoms with E-state index >= 15 is 0 Å². The van der Waals surface area contributed by atoms with Gasteiger partial charge in [0, 0.05) is 31.3 Å². The Hall–Kier alpha value is -4.66. The average Bonchev–Trinajstić information content (AvgIpc) is 3.39. The molecule has 0 radical (unpaired) electrons. The van der Waals surface area contributed by atoms with E-state index in [2.05, 4.69) is 30.9 Å². The third-order valence-electron chi connectivity index (χ3n) is 5.39. The van der Waals surface area contributed by atoms with Crippen molar-refractivity contribution in [2.75, 3.05) is 13.1 Å². The van der Waals surface area contributed by atoms with Crippen LogP contribution in [0.3, 0.4) is 0 Å². The molecule has 0 aliphatic carbocycles. The van der Waals surface area contributed by atoms with Crippen molar-refractivity contribution < 1.29 is 29.4 Å². The minimum absolute atomic E-state index is 0.00891. The first kappa shape index (κ1) is 29.6. The van der Waals surface area contributed by atoms with Crippen LogP contribution in [-0.4, -0.2) is 81.0 Å². The molecule has 0 aliphatic heterocycles. The molecule has 0 aliphatic rings. The molecule has 0 spiro atoms. The molecule has 3 atom stereocenters. The fraction of sp³-hybridized carbons (Fsp3) is 0.391. The minimum Gasteiger partial charge on any atom is -0.508 e. The van der Waals surface area contributed by atoms with Crippen LogP contribution < -0.4 is 33.2 Å². The highest BCUT2D eigenvalue weighted by atomic mass is 16.4. The maximum absolute atomic E-state index is 13.2. The molecule has 1 heterocycles. The number of aromatic nitrogens is 2. The maximum atomic E-state index is 13.2. The smallest absolute Gasteiger partial charge is 0.326 e. The summed E-state index contributed by atoms with van der Waals surface area (Å²) in [6, 6.07) is 2.36. The predicted molar refractivity (Wildman–Crippen MR) is 136 cm³/mol. The lowest BCUT2D eigenvalue weighted by atomic mass is 10.0. The highest BCUT2D eigenvalue weighted by Gasteiger charge is 2.30. The Morgan fingerprint density at radius 1 is 0.974 bits per heavy atom. The van der Waals surface area contributed by atoms with Gasteiger partial charge in [0.2, 0.25) is 17.7 Å². The zero-order valence-electron chi connectivity index (χ0n) is 20.6. The van der Waals surface area contributed by atoms with Crippen molar-refractivity contribution >= 4 is 29.7 Å². The quantitative estimate of drug-likeness (QED) is 0.0659. The van der Waals surface area contributed by atoms with E-state index in [1.165, 1.54) is 24.7 Å². The number of hydrogen-bond acceptors (Lipinski definition) is 8. The second-order valence-electron chi connectivity index (χ2n) is 8.39. The number of H-pyrrole nitrogens is 1. The number of hydrogen-bond donors (Lipinski definition) is 9. The number of benzene rings is 1. The van der Waals surface area contributed by atoms with Crippen molar-refractivity contribution in [3.63, 3.8) is 0 Å². The molecule has 15 nitrogen and oxygen atoms in total. The van der Waals surface area contributed by atoms with E-state index in [9.17, 15) is 29.4 Å². The van der Waals surface area contributed by atoms with E-state index in [4.69, 9.17) is 17.2 Å². The molecule has 2 rings (SSSR count). The van der Waals surface area contributed by atoms with Crippen LogP contribution in [0.25, 0.3) is 0 Å². The van der Waals surface area contributed by atoms with Crippen LogP contribution in [0.4, 0.5) is 0 Å². The number of imidazole rings is 1. The average molecular weight is 532 g/mol. The summed E-state index contributed by atoms with van der Waals surface area (Å²) in [6.07, 6.45) is 3.21. The molecule has 3 amide bonds. The number of nitrogens with zero attached hydrogens (tertiary/aromatic N) is 2. The zero-order valence-corrected chi connectivity index (χ0v) is 20.6. The fourth-order valence-electron chi connectivity index (χ4n) is 3.46. The largest absolute Gasteiger partial charge is 0.508 e. The Bertz CT molecular complexity index is 1100. The van der Waals surface area contributed by atoms with Crippen LogP contribution >= 0.6 is 0 Å². The number of nitrogens with two attached hydrogens (primary N) is 3. The Balaban J connectivity index is 2.22. The van der Waals surface area contributed by atoms with Crippen molar-refractivity contribution in [2.45, 2.75) is 43.8 Å². The Labute approximate surface area is 218 Å². The van der Waals surface area contributed by atoms with Crippen molar-refractivity contribution in [1.29, 1.82) is 0 Å². The molecule has 0 saturated carbocycles. The van der Waals surface area contributed by atoms with Gasteiger partial charge in [0.05, 0.1) is 12.9 Å². The van der Waals surface area contributed by atoms with Gasteiger partial charge in [0.1, 0.15) is 23.9 Å². The van der Waals surface area contributed by atoms with E-state index in [1.807, 2.05) is 0 Å². The molecular formula is C23H33N9O6. The van der Waals surface area contributed by atoms with Crippen LogP contribution in [0.2, 0.25) is 0 Å². The lowest BCUT2D eigenvalue weighted by Crippen LogP contribution is -2.57. The monoisotopic (exact) mass is 531 g/mol. The molecule has 1 aromatic carbocycles. The normalized spacial score (nSPS) is 13.0. The number of aromatic amines is 1. The first-order chi connectivity index (χ1) is 18.1. The highest BCUT2D eigenvalue weighted by molar-refractivity contribution is 5.93. The standard InChI is InChI=1S/C23H33N9O6/c24-10-19(34)30-18(9-14-11-27-12-29-14)21(36)32-17(8-13-3-5-15(33)6-4-13)20(35)31-16(22(37)38)2-1-7-28-23(25)26/h3-6,11-12,16-18,33H,1-2,7-10,24H2,(H,27,29)(H,30,34)(H,31,35)(H,32,36)(H,37,38)(H4,25,26,28). The summed E-state index contributed by atoms with van der Waals surface area (Å²) in [4.78, 5) is 60.6. The fourth-order valence-corrected chi connectivity index (χ4v) is 3.46. The number of aliphatic imine (C=N–C) groups is 1. The number of aliphatic carboxylic acids is 1. The second-order valence-corrected chi connectivity index (χ2v) is 8.39. The maximum Gasteiger partial charge on any atom is 0.326 e. The Morgan fingerprint density at radius 2 is 1.61 bits per heavy atom. The molecule has 206 valence electrons. The predicted octanol–water partition coefficient (Wildman–Crippen LogP) is -2.55. The summed E-state index contributed by atoms with van der Waals surface area (Å²) in [6.45, 7) is -0.184. The van der Waals surface area contributed by atoms with Gasteiger partial charge >= 0.3 is 5.97 Å². The van der Waals surface area contributed by atoms with Crippen LogP contribution in [0, 0.1) is 0 Å². The molecule has 38 heavy (non-hydrogen) atoms. The number of rotatable bonds is 15. The SMILES string of the molecule is NCC(=O)NC(Cc1cnc[nH]1)C(=O)NC(Cc1ccc(O)cc1)C(=O)NC(CCCN=C(N)N)C(=O)O. The van der Waals surface area contributed by atoms with Gasteiger partial charge in [-0.25, -0.2) is 9.78 Å². The van der Waals surface area contributed by atoms with E-state index < -0.39 is 41.8 Å². The van der Waals surface area contributed by atoms with E-state index in [0.29, 0.717) is 11.3 Å². The summed E-state index contributed by atoms with van der Waals surface area (Å²) in [7, 11) is 0. The summed E-state index contributed by atoms with van der Waals surface area (Å²) in [5.41, 5.74) is 17.1. The molecule has 0 bridgehead atoms. The number of phenols is 1. The lowest BCUT2D eigenvalue weighted by molar-refractivity contribution is -0.142. The third-order valence-corrected chi connectivity index (χ3v) is 5.39. The summed E-state index contributed by atoms with van der Waals surface area (Å²) >= 11 is 0. The first-order valence-electron chi connectivity index (χ1n) is 11.7. The highest BCUT2D eigenvalue weighted by Crippen LogP contribution is 2.12. The van der Waals surface area contributed by atoms with Gasteiger partial charge in [0.25, 0.3) is 0 Å². The number of phenolic OH excluding ortho intramolecular Hbond substituents is 1. The lowest BCUT2D eigenvalue weighted by Gasteiger charge is -2.24. The van der Waals surface area contributed by atoms with Gasteiger partial charge < -0.3 is 48.3 Å². The molecule has 0 saturated heterocycles. The number of carbonyl (C=O) groups is 4.